The van der Waals surface area contributed by atoms with E-state index >= 15 is 0 Å². The van der Waals surface area contributed by atoms with Crippen molar-refractivity contribution < 1.29 is 84.9 Å². The van der Waals surface area contributed by atoms with Gasteiger partial charge in [-0.2, -0.15) is 0 Å². The number of aromatic amines is 1. The van der Waals surface area contributed by atoms with Crippen LogP contribution in [0.2, 0.25) is 0 Å². The van der Waals surface area contributed by atoms with Crippen molar-refractivity contribution in [1.82, 2.24) is 52.8 Å². The number of nitrogens with one attached hydrogen (secondary N) is 10. The summed E-state index contributed by atoms with van der Waals surface area (Å²) in [5.74, 6) is -10.1. The number of nitrogens with two attached hydrogens (primary N) is 2. The Morgan fingerprint density at radius 1 is 0.523 bits per heavy atom. The van der Waals surface area contributed by atoms with Gasteiger partial charge in [0.15, 0.2) is 0 Å². The molecule has 10 atom stereocenters. The summed E-state index contributed by atoms with van der Waals surface area (Å²) in [5, 5.41) is 43.8. The molecule has 0 unspecified atom stereocenters. The third-order valence-electron chi connectivity index (χ3n) is 14.1. The zero-order valence-electron chi connectivity index (χ0n) is 50.6. The van der Waals surface area contributed by atoms with Crippen LogP contribution >= 0.6 is 0 Å². The van der Waals surface area contributed by atoms with Crippen molar-refractivity contribution in [3.05, 3.63) is 36.0 Å². The summed E-state index contributed by atoms with van der Waals surface area (Å²) >= 11 is 0. The molecule has 0 saturated heterocycles. The molecule has 1 aromatic carbocycles. The fourth-order valence-electron chi connectivity index (χ4n) is 9.23. The fourth-order valence-corrected chi connectivity index (χ4v) is 9.23. The number of amides is 10. The van der Waals surface area contributed by atoms with Crippen LogP contribution in [0.4, 0.5) is 0 Å². The predicted octanol–water partition coefficient (Wildman–Crippen LogP) is -4.93. The molecule has 0 spiro atoms. The van der Waals surface area contributed by atoms with Gasteiger partial charge in [0.05, 0.1) is 38.3 Å². The maximum absolute atomic E-state index is 14.2. The molecule has 0 aliphatic heterocycles. The van der Waals surface area contributed by atoms with Gasteiger partial charge in [-0.1, -0.05) is 45.9 Å². The number of aliphatic hydroxyl groups excluding tert-OH is 1. The molecule has 0 fully saturated rings. The number of para-hydroxylation sites is 1. The van der Waals surface area contributed by atoms with Gasteiger partial charge in [-0.25, -0.2) is 0 Å². The molecule has 2 rings (SSSR count). The van der Waals surface area contributed by atoms with E-state index in [1.54, 1.807) is 20.0 Å². The fraction of sp³-hybridized carbons (Fsp3) is 0.649. The number of H-pyrrole nitrogens is 1. The van der Waals surface area contributed by atoms with Crippen LogP contribution in [0.5, 0.6) is 0 Å². The average molecular weight is 1220 g/mol. The minimum Gasteiger partial charge on any atom is -0.481 e. The first kappa shape index (κ1) is 74.5. The molecule has 25 N–H and O–H groups in total. The van der Waals surface area contributed by atoms with E-state index < -0.39 is 151 Å². The van der Waals surface area contributed by atoms with E-state index in [4.69, 9.17) is 11.5 Å². The van der Waals surface area contributed by atoms with E-state index in [1.807, 2.05) is 38.1 Å². The van der Waals surface area contributed by atoms with Crippen molar-refractivity contribution in [3.63, 3.8) is 0 Å². The number of carboxylic acids is 1. The molecule has 1 aromatic heterocycles. The van der Waals surface area contributed by atoms with Crippen LogP contribution in [0.3, 0.4) is 0 Å². The van der Waals surface area contributed by atoms with Gasteiger partial charge in [0, 0.05) is 29.9 Å². The number of carbonyl (C=O) groups excluding carboxylic acids is 11. The van der Waals surface area contributed by atoms with Crippen molar-refractivity contribution in [1.29, 1.82) is 0 Å². The van der Waals surface area contributed by atoms with Gasteiger partial charge in [0.25, 0.3) is 0 Å². The van der Waals surface area contributed by atoms with Crippen molar-refractivity contribution in [3.8, 4) is 0 Å². The van der Waals surface area contributed by atoms with Crippen molar-refractivity contribution >= 4 is 82.2 Å². The van der Waals surface area contributed by atoms with Crippen LogP contribution in [-0.4, -0.2) is 173 Å². The first-order valence-corrected chi connectivity index (χ1v) is 29.8. The monoisotopic (exact) mass is 1220 g/mol. The van der Waals surface area contributed by atoms with E-state index in [0.717, 1.165) is 16.5 Å². The van der Waals surface area contributed by atoms with Crippen molar-refractivity contribution in [2.45, 2.75) is 198 Å². The lowest BCUT2D eigenvalue weighted by Gasteiger charge is -2.28. The molecule has 0 aliphatic rings. The van der Waals surface area contributed by atoms with E-state index in [9.17, 15) is 67.7 Å². The molecular formula is C57H98N15O14+3. The number of unbranched alkanes of at least 4 members (excludes halogenated alkanes) is 3. The number of hydrogen-bond donors (Lipinski definition) is 17. The first-order chi connectivity index (χ1) is 40.8. The Morgan fingerprint density at radius 2 is 0.930 bits per heavy atom. The van der Waals surface area contributed by atoms with Gasteiger partial charge in [-0.3, -0.25) is 52.7 Å². The number of aldehydes is 1. The number of primary amides is 1. The molecular weight excluding hydrogens is 1120 g/mol. The quantitative estimate of drug-likeness (QED) is 0.0218. The van der Waals surface area contributed by atoms with Gasteiger partial charge in [0.2, 0.25) is 59.1 Å². The number of quaternary nitrogens is 3. The summed E-state index contributed by atoms with van der Waals surface area (Å²) in [7, 11) is 0. The molecule has 10 amide bonds. The van der Waals surface area contributed by atoms with Gasteiger partial charge >= 0.3 is 5.97 Å². The minimum absolute atomic E-state index is 0.00904. The summed E-state index contributed by atoms with van der Waals surface area (Å²) in [6, 6.07) is -5.54. The lowest BCUT2D eigenvalue weighted by atomic mass is 9.99. The summed E-state index contributed by atoms with van der Waals surface area (Å²) in [6.07, 6.45) is 4.53. The highest BCUT2D eigenvalue weighted by atomic mass is 16.4. The number of fused-ring (bicyclic) bond motifs is 1. The number of carboxylic acid groups (broad SMARTS) is 1. The topological polar surface area (TPSA) is 504 Å². The Labute approximate surface area is 501 Å². The number of carbonyl (C=O) groups is 12. The first-order valence-electron chi connectivity index (χ1n) is 29.8. The van der Waals surface area contributed by atoms with Crippen LogP contribution in [0.25, 0.3) is 10.9 Å². The number of aromatic nitrogens is 1. The van der Waals surface area contributed by atoms with Crippen LogP contribution in [0.15, 0.2) is 30.5 Å². The molecule has 0 aliphatic carbocycles. The van der Waals surface area contributed by atoms with Gasteiger partial charge < -0.3 is 96.5 Å². The molecule has 2 aromatic rings. The van der Waals surface area contributed by atoms with Gasteiger partial charge in [-0.05, 0) is 120 Å². The van der Waals surface area contributed by atoms with Crippen molar-refractivity contribution in [2.75, 3.05) is 26.2 Å². The molecule has 29 nitrogen and oxygen atoms in total. The molecule has 1 heterocycles. The number of benzene rings is 1. The second-order valence-corrected chi connectivity index (χ2v) is 22.5. The molecule has 29 heteroatoms. The SMILES string of the molecule is CC(C)C[C@H](NC(=O)[C@H](CC(C)C)NC(=O)[C@H](CCCC[NH3+])NC(=O)[C@@H](N)Cc1c[nH]c2ccccc12)C(=O)N[C@@H](CO)C(=O)N[C@@H](CCCC[NH3+])C(=O)N[C@@H](C)C(=O)N[C@@H](CCC(N)=O)C(=O)N[C@@H](CCC(=O)O)C(=O)N[C@H](C=O)CCCC[NH3+]. The number of aliphatic carboxylic acids is 1. The predicted molar refractivity (Wildman–Crippen MR) is 315 cm³/mol. The summed E-state index contributed by atoms with van der Waals surface area (Å²) in [5.41, 5.74) is 24.9. The van der Waals surface area contributed by atoms with E-state index in [0.29, 0.717) is 64.4 Å². The van der Waals surface area contributed by atoms with Gasteiger partial charge in [0.1, 0.15) is 54.6 Å². The van der Waals surface area contributed by atoms with E-state index in [-0.39, 0.29) is 56.8 Å². The normalized spacial score (nSPS) is 14.8. The van der Waals surface area contributed by atoms with Crippen LogP contribution < -0.4 is 76.5 Å². The second kappa shape index (κ2) is 39.9. The Balaban J connectivity index is 2.28. The van der Waals surface area contributed by atoms with E-state index in [1.165, 1.54) is 6.92 Å². The second-order valence-electron chi connectivity index (χ2n) is 22.5. The number of hydrogen-bond acceptors (Lipinski definition) is 14. The molecule has 482 valence electrons. The highest BCUT2D eigenvalue weighted by molar-refractivity contribution is 5.98. The zero-order valence-corrected chi connectivity index (χ0v) is 50.6. The average Bonchev–Trinajstić information content (AvgIpc) is 3.29. The van der Waals surface area contributed by atoms with Crippen LogP contribution in [-0.2, 0) is 64.0 Å². The molecule has 0 bridgehead atoms. The number of rotatable bonds is 44. The Hall–Kier alpha value is -7.60. The summed E-state index contributed by atoms with van der Waals surface area (Å²) in [4.78, 5) is 163. The molecule has 0 radical (unpaired) electrons. The summed E-state index contributed by atoms with van der Waals surface area (Å²) in [6.45, 7) is 9.15. The Morgan fingerprint density at radius 3 is 1.41 bits per heavy atom. The van der Waals surface area contributed by atoms with Crippen molar-refractivity contribution in [2.24, 2.45) is 23.3 Å². The van der Waals surface area contributed by atoms with E-state index in [2.05, 4.69) is 70.0 Å². The standard InChI is InChI=1S/C57H95N15O14/c1-32(2)26-44(70-53(82)41(18-10-13-25-60)67-50(79)38(61)28-35-29-63-39-16-7-6-15-37(35)39)55(84)71-45(27-33(3)4)56(85)72-46(31-74)57(86)68-40(17-9-12-24-59)51(80)64-34(5)49(78)66-42(19-21-47(62)75)54(83)69-43(20-22-48(76)77)52(81)65-36(30-73)14-8-11-23-58/h6-7,15-16,29-30,32-34,36,38,40-46,63,74H,8-14,17-28,31,58-61H2,1-5H3,(H2,62,75)(H,64,80)(H,65,81)(H,66,78)(H,67,79)(H,68,86)(H,69,83)(H,70,82)(H,71,84)(H,72,85)(H,76,77)/p+3/t34-,36-,38-,40-,41-,42-,43-,44-,45-,46-/m0/s1. The highest BCUT2D eigenvalue weighted by Gasteiger charge is 2.35. The third kappa shape index (κ3) is 27.6. The van der Waals surface area contributed by atoms with Crippen LogP contribution in [0.1, 0.15) is 136 Å². The third-order valence-corrected chi connectivity index (χ3v) is 14.1. The highest BCUT2D eigenvalue weighted by Crippen LogP contribution is 2.19. The zero-order chi connectivity index (χ0) is 64.5. The minimum atomic E-state index is -1.68. The Bertz CT molecular complexity index is 2550. The molecule has 0 saturated carbocycles. The largest absolute Gasteiger partial charge is 0.481 e. The van der Waals surface area contributed by atoms with Crippen LogP contribution in [0, 0.1) is 11.8 Å². The van der Waals surface area contributed by atoms with Gasteiger partial charge in [-0.15, -0.1) is 0 Å². The maximum atomic E-state index is 14.2. The Kier molecular flexibility index (Phi) is 34.6. The number of aliphatic hydroxyl groups is 1. The lowest BCUT2D eigenvalue weighted by Crippen LogP contribution is -2.61. The lowest BCUT2D eigenvalue weighted by molar-refractivity contribution is -0.368. The maximum Gasteiger partial charge on any atom is 0.303 e. The summed E-state index contributed by atoms with van der Waals surface area (Å²) < 4.78 is 0. The smallest absolute Gasteiger partial charge is 0.303 e. The molecule has 86 heavy (non-hydrogen) atoms.